The number of carboxylic acid groups (broad SMARTS) is 1. The molecule has 2 heterocycles. The molecule has 0 radical (unpaired) electrons. The highest BCUT2D eigenvalue weighted by Crippen LogP contribution is 2.47. The molecule has 0 spiro atoms. The van der Waals surface area contributed by atoms with Gasteiger partial charge >= 0.3 is 5.97 Å². The molecule has 2 fully saturated rings. The zero-order chi connectivity index (χ0) is 23.1. The second kappa shape index (κ2) is 15.3. The van der Waals surface area contributed by atoms with Crippen LogP contribution in [0.1, 0.15) is 76.2 Å². The number of benzene rings is 1. The molecular weight excluding hydrogens is 428 g/mol. The first-order valence-electron chi connectivity index (χ1n) is 12.8. The minimum absolute atomic E-state index is 0.267. The number of fused-ring (bicyclic) bond motifs is 2. The van der Waals surface area contributed by atoms with Crippen LogP contribution < -0.4 is 0 Å². The molecule has 0 unspecified atom stereocenters. The van der Waals surface area contributed by atoms with Gasteiger partial charge in [0.15, 0.2) is 0 Å². The molecule has 4 atom stereocenters. The molecule has 1 aromatic rings. The highest BCUT2D eigenvalue weighted by atomic mass is 32.2. The maximum Gasteiger partial charge on any atom is 0.303 e. The van der Waals surface area contributed by atoms with Gasteiger partial charge in [-0.3, -0.25) is 4.79 Å². The second-order valence-corrected chi connectivity index (χ2v) is 10.5. The summed E-state index contributed by atoms with van der Waals surface area (Å²) in [6.07, 6.45) is 17.7. The highest BCUT2D eigenvalue weighted by molar-refractivity contribution is 7.99. The van der Waals surface area contributed by atoms with Crippen LogP contribution in [0.4, 0.5) is 0 Å². The predicted octanol–water partition coefficient (Wildman–Crippen LogP) is 6.91. The van der Waals surface area contributed by atoms with E-state index in [4.69, 9.17) is 9.84 Å². The monoisotopic (exact) mass is 468 g/mol. The maximum absolute atomic E-state index is 10.6. The Hall–Kier alpha value is -1.70. The number of hydrogen-bond acceptors (Lipinski definition) is 3. The first-order chi connectivity index (χ1) is 16.2. The number of aliphatic carboxylic acids is 1. The zero-order valence-electron chi connectivity index (χ0n) is 19.9. The molecule has 0 aliphatic carbocycles. The fourth-order valence-electron chi connectivity index (χ4n) is 5.18. The van der Waals surface area contributed by atoms with Crippen molar-refractivity contribution in [3.05, 3.63) is 48.0 Å². The van der Waals surface area contributed by atoms with E-state index in [1.165, 1.54) is 43.4 Å². The Morgan fingerprint density at radius 1 is 1.00 bits per heavy atom. The van der Waals surface area contributed by atoms with Gasteiger partial charge in [0.2, 0.25) is 0 Å². The van der Waals surface area contributed by atoms with Crippen LogP contribution in [0.5, 0.6) is 0 Å². The van der Waals surface area contributed by atoms with Crippen LogP contribution >= 0.6 is 11.8 Å². The third-order valence-corrected chi connectivity index (χ3v) is 7.95. The Morgan fingerprint density at radius 3 is 2.61 bits per heavy atom. The summed E-state index contributed by atoms with van der Waals surface area (Å²) in [6.45, 7) is 0. The summed E-state index contributed by atoms with van der Waals surface area (Å²) in [7, 11) is 0. The molecule has 0 amide bonds. The molecule has 1 aromatic carbocycles. The number of hydrogen-bond donors (Lipinski definition) is 1. The van der Waals surface area contributed by atoms with Gasteiger partial charge in [0.25, 0.3) is 0 Å². The van der Waals surface area contributed by atoms with E-state index < -0.39 is 5.97 Å². The van der Waals surface area contributed by atoms with Crippen molar-refractivity contribution in [2.24, 2.45) is 11.8 Å². The quantitative estimate of drug-likeness (QED) is 0.173. The molecule has 4 heteroatoms. The van der Waals surface area contributed by atoms with Crippen LogP contribution in [-0.2, 0) is 16.0 Å². The molecule has 1 N–H and O–H groups in total. The molecule has 3 nitrogen and oxygen atoms in total. The van der Waals surface area contributed by atoms with Crippen molar-refractivity contribution in [2.75, 3.05) is 11.5 Å². The van der Waals surface area contributed by atoms with Gasteiger partial charge in [0.05, 0.1) is 12.2 Å². The first kappa shape index (κ1) is 25.9. The summed E-state index contributed by atoms with van der Waals surface area (Å²) in [6, 6.07) is 10.6. The molecule has 180 valence electrons. The number of carboxylic acids is 1. The Balaban J connectivity index is 1.21. The lowest BCUT2D eigenvalue weighted by atomic mass is 9.75. The average Bonchev–Trinajstić information content (AvgIpc) is 3.42. The van der Waals surface area contributed by atoms with E-state index in [1.54, 1.807) is 0 Å². The van der Waals surface area contributed by atoms with Crippen molar-refractivity contribution < 1.29 is 14.6 Å². The van der Waals surface area contributed by atoms with E-state index in [1.807, 2.05) is 11.8 Å². The van der Waals surface area contributed by atoms with Gasteiger partial charge in [0.1, 0.15) is 0 Å². The second-order valence-electron chi connectivity index (χ2n) is 9.31. The number of rotatable bonds is 15. The summed E-state index contributed by atoms with van der Waals surface area (Å²) < 4.78 is 6.25. The zero-order valence-corrected chi connectivity index (χ0v) is 20.7. The van der Waals surface area contributed by atoms with E-state index >= 15 is 0 Å². The SMILES string of the molecule is O=C(O)CCCC=CC[C@@H]1[C@H](CCCCSCCC#CCCc2ccccc2)[C@@H]2CC[C@H]1O2. The number of ether oxygens (including phenoxy) is 1. The Morgan fingerprint density at radius 2 is 1.79 bits per heavy atom. The van der Waals surface area contributed by atoms with Gasteiger partial charge in [-0.1, -0.05) is 48.9 Å². The molecule has 2 bridgehead atoms. The van der Waals surface area contributed by atoms with Crippen LogP contribution in [0.25, 0.3) is 0 Å². The fraction of sp³-hybridized carbons (Fsp3) is 0.621. The number of aryl methyl sites for hydroxylation is 1. The van der Waals surface area contributed by atoms with E-state index in [9.17, 15) is 4.79 Å². The largest absolute Gasteiger partial charge is 0.481 e. The summed E-state index contributed by atoms with van der Waals surface area (Å²) >= 11 is 2.04. The van der Waals surface area contributed by atoms with Crippen molar-refractivity contribution in [3.63, 3.8) is 0 Å². The lowest BCUT2D eigenvalue weighted by molar-refractivity contribution is -0.137. The summed E-state index contributed by atoms with van der Waals surface area (Å²) in [5.74, 6) is 9.71. The third-order valence-electron chi connectivity index (χ3n) is 6.88. The van der Waals surface area contributed by atoms with Crippen molar-refractivity contribution in [2.45, 2.75) is 89.3 Å². The molecule has 2 aliphatic rings. The van der Waals surface area contributed by atoms with Crippen molar-refractivity contribution in [1.29, 1.82) is 0 Å². The molecule has 2 saturated heterocycles. The Kier molecular flexibility index (Phi) is 12.0. The fourth-order valence-corrected chi connectivity index (χ4v) is 6.04. The van der Waals surface area contributed by atoms with Crippen molar-refractivity contribution >= 4 is 17.7 Å². The standard InChI is InChI=1S/C29H40O3S/c30-29(31)19-10-2-1-9-17-25-26(28-21-20-27(25)32-28)18-11-13-23-33-22-12-4-3-6-14-24-15-7-5-8-16-24/h1,5,7-9,15-16,25-28H,2,6,10-14,17-23H2,(H,30,31)/t25-,26+,27-,28+/m1/s1. The van der Waals surface area contributed by atoms with E-state index in [-0.39, 0.29) is 6.42 Å². The maximum atomic E-state index is 10.6. The van der Waals surface area contributed by atoms with Gasteiger partial charge < -0.3 is 9.84 Å². The smallest absolute Gasteiger partial charge is 0.303 e. The lowest BCUT2D eigenvalue weighted by Crippen LogP contribution is -2.26. The van der Waals surface area contributed by atoms with Gasteiger partial charge in [-0.05, 0) is 74.5 Å². The lowest BCUT2D eigenvalue weighted by Gasteiger charge is -2.27. The van der Waals surface area contributed by atoms with Gasteiger partial charge in [-0.25, -0.2) is 0 Å². The molecular formula is C29H40O3S. The first-order valence-corrected chi connectivity index (χ1v) is 14.0. The normalized spacial score (nSPS) is 23.6. The van der Waals surface area contributed by atoms with Crippen LogP contribution in [0, 0.1) is 23.7 Å². The minimum Gasteiger partial charge on any atom is -0.481 e. The summed E-state index contributed by atoms with van der Waals surface area (Å²) in [5.41, 5.74) is 1.37. The van der Waals surface area contributed by atoms with Crippen LogP contribution in [0.15, 0.2) is 42.5 Å². The summed E-state index contributed by atoms with van der Waals surface area (Å²) in [4.78, 5) is 10.6. The average molecular weight is 469 g/mol. The number of allylic oxidation sites excluding steroid dienone is 2. The van der Waals surface area contributed by atoms with Crippen molar-refractivity contribution in [3.8, 4) is 11.8 Å². The van der Waals surface area contributed by atoms with Crippen molar-refractivity contribution in [1.82, 2.24) is 0 Å². The van der Waals surface area contributed by atoms with Gasteiger partial charge in [-0.15, -0.1) is 11.8 Å². The Bertz CT molecular complexity index is 779. The molecule has 2 aliphatic heterocycles. The van der Waals surface area contributed by atoms with Gasteiger partial charge in [0, 0.05) is 25.0 Å². The van der Waals surface area contributed by atoms with E-state index in [0.29, 0.717) is 24.0 Å². The third kappa shape index (κ3) is 9.59. The minimum atomic E-state index is -0.699. The summed E-state index contributed by atoms with van der Waals surface area (Å²) in [5, 5.41) is 8.73. The van der Waals surface area contributed by atoms with Gasteiger partial charge in [-0.2, -0.15) is 11.8 Å². The number of carbonyl (C=O) groups is 1. The molecule has 0 saturated carbocycles. The highest BCUT2D eigenvalue weighted by Gasteiger charge is 2.47. The van der Waals surface area contributed by atoms with E-state index in [0.717, 1.165) is 44.3 Å². The molecule has 0 aromatic heterocycles. The van der Waals surface area contributed by atoms with Crippen LogP contribution in [-0.4, -0.2) is 34.8 Å². The molecule has 33 heavy (non-hydrogen) atoms. The van der Waals surface area contributed by atoms with Crippen LogP contribution in [0.2, 0.25) is 0 Å². The van der Waals surface area contributed by atoms with E-state index in [2.05, 4.69) is 54.3 Å². The Labute approximate surface area is 204 Å². The predicted molar refractivity (Wildman–Crippen MR) is 138 cm³/mol. The number of unbranched alkanes of at least 4 members (excludes halogenated alkanes) is 2. The topological polar surface area (TPSA) is 46.5 Å². The van der Waals surface area contributed by atoms with Crippen LogP contribution in [0.3, 0.4) is 0 Å². The molecule has 3 rings (SSSR count). The number of thioether (sulfide) groups is 1.